The van der Waals surface area contributed by atoms with Crippen molar-refractivity contribution in [2.45, 2.75) is 17.8 Å². The fourth-order valence-corrected chi connectivity index (χ4v) is 2.56. The van der Waals surface area contributed by atoms with Crippen LogP contribution < -0.4 is 5.32 Å². The first-order valence-electron chi connectivity index (χ1n) is 3.63. The third-order valence-corrected chi connectivity index (χ3v) is 3.35. The maximum absolute atomic E-state index is 5.28. The maximum atomic E-state index is 5.28. The predicted octanol–water partition coefficient (Wildman–Crippen LogP) is 1.05. The lowest BCUT2D eigenvalue weighted by molar-refractivity contribution is 0.144. The molecule has 0 spiro atoms. The van der Waals surface area contributed by atoms with Gasteiger partial charge in [-0.05, 0) is 12.7 Å². The zero-order valence-electron chi connectivity index (χ0n) is 6.79. The number of hydrogen-bond donors (Lipinski definition) is 1. The molecule has 2 nitrogen and oxygen atoms in total. The smallest absolute Gasteiger partial charge is 0.119 e. The molecule has 1 N–H and O–H groups in total. The Morgan fingerprint density at radius 2 is 2.45 bits per heavy atom. The van der Waals surface area contributed by atoms with E-state index >= 15 is 0 Å². The topological polar surface area (TPSA) is 21.3 Å². The molecule has 0 aromatic rings. The maximum Gasteiger partial charge on any atom is 0.119 e. The van der Waals surface area contributed by atoms with Gasteiger partial charge in [0.1, 0.15) is 11.1 Å². The summed E-state index contributed by atoms with van der Waals surface area (Å²) in [6, 6.07) is 0. The van der Waals surface area contributed by atoms with Crippen LogP contribution in [0.4, 0.5) is 0 Å². The first-order valence-corrected chi connectivity index (χ1v) is 5.32. The van der Waals surface area contributed by atoms with E-state index in [0.29, 0.717) is 5.25 Å². The predicted molar refractivity (Wildman–Crippen MR) is 53.3 cm³/mol. The van der Waals surface area contributed by atoms with E-state index in [1.807, 2.05) is 11.8 Å². The van der Waals surface area contributed by atoms with Crippen LogP contribution in [0.1, 0.15) is 6.42 Å². The minimum Gasteiger partial charge on any atom is -0.377 e. The van der Waals surface area contributed by atoms with Crippen LogP contribution in [0.5, 0.6) is 0 Å². The van der Waals surface area contributed by atoms with Crippen molar-refractivity contribution in [3.05, 3.63) is 0 Å². The molecule has 1 heterocycles. The fourth-order valence-electron chi connectivity index (χ4n) is 1.26. The molecule has 0 amide bonds. The number of rotatable bonds is 2. The summed E-state index contributed by atoms with van der Waals surface area (Å²) < 4.78 is 5.28. The van der Waals surface area contributed by atoms with Gasteiger partial charge in [0.2, 0.25) is 0 Å². The Labute approximate surface area is 77.1 Å². The highest BCUT2D eigenvalue weighted by molar-refractivity contribution is 7.99. The normalized spacial score (nSPS) is 31.6. The third kappa shape index (κ3) is 2.07. The standard InChI is InChI=1S/C7H13NOS2/c1-9-6-5(11-2)3-4-8-7(6)10/h5-6H,3-4H2,1-2H3,(H,8,10). The quantitative estimate of drug-likeness (QED) is 0.658. The van der Waals surface area contributed by atoms with Gasteiger partial charge in [0.05, 0.1) is 0 Å². The number of ether oxygens (including phenoxy) is 1. The van der Waals surface area contributed by atoms with Gasteiger partial charge in [0.15, 0.2) is 0 Å². The van der Waals surface area contributed by atoms with E-state index in [2.05, 4.69) is 11.6 Å². The van der Waals surface area contributed by atoms with Crippen LogP contribution in [0.3, 0.4) is 0 Å². The minimum atomic E-state index is 0.119. The number of hydrogen-bond acceptors (Lipinski definition) is 3. The molecule has 1 aliphatic rings. The molecule has 11 heavy (non-hydrogen) atoms. The Morgan fingerprint density at radius 3 is 2.91 bits per heavy atom. The fraction of sp³-hybridized carbons (Fsp3) is 0.857. The van der Waals surface area contributed by atoms with Crippen LogP contribution in [0.25, 0.3) is 0 Å². The molecule has 0 saturated carbocycles. The van der Waals surface area contributed by atoms with Crippen LogP contribution in [-0.4, -0.2) is 36.3 Å². The van der Waals surface area contributed by atoms with Crippen molar-refractivity contribution < 1.29 is 4.74 Å². The molecule has 64 valence electrons. The Bertz CT molecular complexity index is 151. The second kappa shape index (κ2) is 4.28. The van der Waals surface area contributed by atoms with E-state index in [1.165, 1.54) is 0 Å². The highest BCUT2D eigenvalue weighted by atomic mass is 32.2. The van der Waals surface area contributed by atoms with E-state index in [1.54, 1.807) is 7.11 Å². The van der Waals surface area contributed by atoms with Gasteiger partial charge in [-0.3, -0.25) is 0 Å². The van der Waals surface area contributed by atoms with E-state index in [4.69, 9.17) is 17.0 Å². The molecule has 1 rings (SSSR count). The van der Waals surface area contributed by atoms with E-state index in [9.17, 15) is 0 Å². The van der Waals surface area contributed by atoms with Gasteiger partial charge < -0.3 is 10.1 Å². The summed E-state index contributed by atoms with van der Waals surface area (Å²) in [6.45, 7) is 0.990. The Hall–Kier alpha value is 0.200. The van der Waals surface area contributed by atoms with E-state index in [-0.39, 0.29) is 6.10 Å². The van der Waals surface area contributed by atoms with Gasteiger partial charge in [0, 0.05) is 18.9 Å². The lowest BCUT2D eigenvalue weighted by atomic mass is 10.1. The second-order valence-corrected chi connectivity index (χ2v) is 4.03. The molecular formula is C7H13NOS2. The molecule has 2 unspecified atom stereocenters. The van der Waals surface area contributed by atoms with Gasteiger partial charge in [-0.25, -0.2) is 0 Å². The molecule has 0 radical (unpaired) electrons. The largest absolute Gasteiger partial charge is 0.377 e. The third-order valence-electron chi connectivity index (χ3n) is 1.88. The molecule has 0 aromatic heterocycles. The summed E-state index contributed by atoms with van der Waals surface area (Å²) in [5.41, 5.74) is 0. The number of methoxy groups -OCH3 is 1. The average Bonchev–Trinajstić information content (AvgIpc) is 2.04. The first kappa shape index (κ1) is 9.29. The van der Waals surface area contributed by atoms with Crippen LogP contribution in [-0.2, 0) is 4.74 Å². The molecule has 1 fully saturated rings. The molecule has 0 aromatic carbocycles. The molecular weight excluding hydrogens is 178 g/mol. The van der Waals surface area contributed by atoms with Crippen molar-refractivity contribution in [2.75, 3.05) is 19.9 Å². The number of thiocarbonyl (C=S) groups is 1. The van der Waals surface area contributed by atoms with Crippen LogP contribution in [0, 0.1) is 0 Å². The van der Waals surface area contributed by atoms with Crippen molar-refractivity contribution in [1.29, 1.82) is 0 Å². The molecule has 1 saturated heterocycles. The van der Waals surface area contributed by atoms with Crippen LogP contribution in [0.2, 0.25) is 0 Å². The summed E-state index contributed by atoms with van der Waals surface area (Å²) >= 11 is 6.95. The summed E-state index contributed by atoms with van der Waals surface area (Å²) in [5.74, 6) is 0. The molecule has 0 bridgehead atoms. The van der Waals surface area contributed by atoms with Gasteiger partial charge in [-0.1, -0.05) is 12.2 Å². The van der Waals surface area contributed by atoms with Crippen molar-refractivity contribution in [3.8, 4) is 0 Å². The Balaban J connectivity index is 2.56. The molecule has 0 aliphatic carbocycles. The Morgan fingerprint density at radius 1 is 1.73 bits per heavy atom. The SMILES string of the molecule is COC1C(=S)NCCC1SC. The van der Waals surface area contributed by atoms with Crippen molar-refractivity contribution in [1.82, 2.24) is 5.32 Å². The highest BCUT2D eigenvalue weighted by Crippen LogP contribution is 2.20. The van der Waals surface area contributed by atoms with Gasteiger partial charge in [-0.2, -0.15) is 11.8 Å². The summed E-state index contributed by atoms with van der Waals surface area (Å²) in [4.78, 5) is 0.859. The number of thioether (sulfide) groups is 1. The molecule has 2 atom stereocenters. The van der Waals surface area contributed by atoms with Gasteiger partial charge in [0.25, 0.3) is 0 Å². The highest BCUT2D eigenvalue weighted by Gasteiger charge is 2.27. The van der Waals surface area contributed by atoms with Gasteiger partial charge >= 0.3 is 0 Å². The number of nitrogens with one attached hydrogen (secondary N) is 1. The van der Waals surface area contributed by atoms with E-state index < -0.39 is 0 Å². The van der Waals surface area contributed by atoms with Crippen LogP contribution >= 0.6 is 24.0 Å². The lowest BCUT2D eigenvalue weighted by Crippen LogP contribution is -2.47. The summed E-state index contributed by atoms with van der Waals surface area (Å²) in [6.07, 6.45) is 3.36. The number of piperidine rings is 1. The van der Waals surface area contributed by atoms with E-state index in [0.717, 1.165) is 18.0 Å². The average molecular weight is 191 g/mol. The van der Waals surface area contributed by atoms with Crippen LogP contribution in [0.15, 0.2) is 0 Å². The zero-order chi connectivity index (χ0) is 8.27. The summed E-state index contributed by atoms with van der Waals surface area (Å²) in [7, 11) is 1.72. The second-order valence-electron chi connectivity index (χ2n) is 2.51. The van der Waals surface area contributed by atoms with Crippen molar-refractivity contribution in [3.63, 3.8) is 0 Å². The Kier molecular flexibility index (Phi) is 3.62. The monoisotopic (exact) mass is 191 g/mol. The summed E-state index contributed by atoms with van der Waals surface area (Å²) in [5, 5.41) is 3.68. The van der Waals surface area contributed by atoms with Crippen molar-refractivity contribution >= 4 is 29.0 Å². The molecule has 4 heteroatoms. The lowest BCUT2D eigenvalue weighted by Gasteiger charge is -2.30. The first-order chi connectivity index (χ1) is 5.29. The molecule has 1 aliphatic heterocycles. The zero-order valence-corrected chi connectivity index (χ0v) is 8.43. The minimum absolute atomic E-state index is 0.119. The van der Waals surface area contributed by atoms with Crippen molar-refractivity contribution in [2.24, 2.45) is 0 Å². The van der Waals surface area contributed by atoms with Gasteiger partial charge in [-0.15, -0.1) is 0 Å².